The van der Waals surface area contributed by atoms with E-state index in [9.17, 15) is 0 Å². The van der Waals surface area contributed by atoms with E-state index in [1.54, 1.807) is 18.4 Å². The Morgan fingerprint density at radius 2 is 2.20 bits per heavy atom. The summed E-state index contributed by atoms with van der Waals surface area (Å²) in [6, 6.07) is 7.29. The Balaban J connectivity index is 2.06. The summed E-state index contributed by atoms with van der Waals surface area (Å²) >= 11 is 0. The number of rotatable bonds is 3. The first kappa shape index (κ1) is 9.51. The smallest absolute Gasteiger partial charge is 0.149 e. The normalized spacial score (nSPS) is 12.3. The fraction of sp³-hybridized carbons (Fsp3) is 0.200. The van der Waals surface area contributed by atoms with E-state index in [0.29, 0.717) is 11.6 Å². The zero-order chi connectivity index (χ0) is 10.7. The van der Waals surface area contributed by atoms with Gasteiger partial charge in [-0.05, 0) is 31.2 Å². The molecule has 2 rings (SSSR count). The lowest BCUT2D eigenvalue weighted by Crippen LogP contribution is -2.07. The highest BCUT2D eigenvalue weighted by Gasteiger charge is 2.08. The van der Waals surface area contributed by atoms with Crippen LogP contribution < -0.4 is 11.1 Å². The molecule has 2 aromatic rings. The quantitative estimate of drug-likeness (QED) is 0.797. The van der Waals surface area contributed by atoms with Gasteiger partial charge in [-0.25, -0.2) is 0 Å². The molecule has 0 spiro atoms. The summed E-state index contributed by atoms with van der Waals surface area (Å²) in [6.45, 7) is 1.98. The van der Waals surface area contributed by atoms with Crippen molar-refractivity contribution in [2.24, 2.45) is 0 Å². The minimum Gasteiger partial charge on any atom is -0.467 e. The molecule has 2 heterocycles. The lowest BCUT2D eigenvalue weighted by Gasteiger charge is -2.10. The van der Waals surface area contributed by atoms with Gasteiger partial charge in [-0.15, -0.1) is 10.2 Å². The molecule has 5 heteroatoms. The molecule has 5 nitrogen and oxygen atoms in total. The van der Waals surface area contributed by atoms with Crippen molar-refractivity contribution in [1.29, 1.82) is 0 Å². The number of nitrogen functional groups attached to an aromatic ring is 1. The molecule has 0 aromatic carbocycles. The van der Waals surface area contributed by atoms with Crippen molar-refractivity contribution < 1.29 is 4.42 Å². The first-order valence-corrected chi connectivity index (χ1v) is 4.65. The van der Waals surface area contributed by atoms with Gasteiger partial charge < -0.3 is 15.5 Å². The van der Waals surface area contributed by atoms with Gasteiger partial charge in [0, 0.05) is 0 Å². The molecule has 78 valence electrons. The van der Waals surface area contributed by atoms with Crippen molar-refractivity contribution >= 4 is 11.6 Å². The van der Waals surface area contributed by atoms with Crippen molar-refractivity contribution in [1.82, 2.24) is 10.2 Å². The van der Waals surface area contributed by atoms with Crippen LogP contribution in [0.5, 0.6) is 0 Å². The van der Waals surface area contributed by atoms with Crippen LogP contribution in [0.2, 0.25) is 0 Å². The molecule has 1 unspecified atom stereocenters. The van der Waals surface area contributed by atoms with Crippen molar-refractivity contribution in [2.75, 3.05) is 11.1 Å². The average Bonchev–Trinajstić information content (AvgIpc) is 2.74. The van der Waals surface area contributed by atoms with Gasteiger partial charge in [-0.2, -0.15) is 0 Å². The van der Waals surface area contributed by atoms with Crippen molar-refractivity contribution in [3.63, 3.8) is 0 Å². The van der Waals surface area contributed by atoms with Gasteiger partial charge in [0.2, 0.25) is 0 Å². The SMILES string of the molecule is CC(Nc1ccc(N)nn1)c1ccco1. The van der Waals surface area contributed by atoms with Crippen LogP contribution in [0, 0.1) is 0 Å². The molecule has 0 bridgehead atoms. The topological polar surface area (TPSA) is 77.0 Å². The number of aromatic nitrogens is 2. The number of nitrogens with zero attached hydrogens (tertiary/aromatic N) is 2. The zero-order valence-corrected chi connectivity index (χ0v) is 8.34. The molecule has 3 N–H and O–H groups in total. The van der Waals surface area contributed by atoms with Gasteiger partial charge >= 0.3 is 0 Å². The minimum absolute atomic E-state index is 0.0536. The fourth-order valence-electron chi connectivity index (χ4n) is 1.25. The third-order valence-corrected chi connectivity index (χ3v) is 2.02. The summed E-state index contributed by atoms with van der Waals surface area (Å²) in [5, 5.41) is 10.8. The summed E-state index contributed by atoms with van der Waals surface area (Å²) in [7, 11) is 0. The lowest BCUT2D eigenvalue weighted by molar-refractivity contribution is 0.490. The van der Waals surface area contributed by atoms with Crippen LogP contribution >= 0.6 is 0 Å². The second-order valence-corrected chi connectivity index (χ2v) is 3.22. The van der Waals surface area contributed by atoms with Gasteiger partial charge in [-0.3, -0.25) is 0 Å². The van der Waals surface area contributed by atoms with Crippen LogP contribution in [0.3, 0.4) is 0 Å². The first-order chi connectivity index (χ1) is 7.25. The maximum absolute atomic E-state index is 5.43. The lowest BCUT2D eigenvalue weighted by atomic mass is 10.2. The monoisotopic (exact) mass is 204 g/mol. The average molecular weight is 204 g/mol. The summed E-state index contributed by atoms with van der Waals surface area (Å²) in [5.74, 6) is 1.94. The Bertz CT molecular complexity index is 409. The van der Waals surface area contributed by atoms with Crippen LogP contribution in [0.4, 0.5) is 11.6 Å². The summed E-state index contributed by atoms with van der Waals surface area (Å²) in [4.78, 5) is 0. The van der Waals surface area contributed by atoms with Crippen molar-refractivity contribution in [3.05, 3.63) is 36.3 Å². The Kier molecular flexibility index (Phi) is 2.53. The molecule has 1 atom stereocenters. The van der Waals surface area contributed by atoms with Gasteiger partial charge in [0.15, 0.2) is 0 Å². The predicted octanol–water partition coefficient (Wildman–Crippen LogP) is 1.82. The van der Waals surface area contributed by atoms with E-state index in [0.717, 1.165) is 5.76 Å². The third-order valence-electron chi connectivity index (χ3n) is 2.02. The second-order valence-electron chi connectivity index (χ2n) is 3.22. The van der Waals surface area contributed by atoms with Gasteiger partial charge in [0.25, 0.3) is 0 Å². The number of hydrogen-bond donors (Lipinski definition) is 2. The minimum atomic E-state index is 0.0536. The van der Waals surface area contributed by atoms with Crippen LogP contribution in [0.1, 0.15) is 18.7 Å². The van der Waals surface area contributed by atoms with E-state index in [1.807, 2.05) is 19.1 Å². The Hall–Kier alpha value is -2.04. The summed E-state index contributed by atoms with van der Waals surface area (Å²) in [5.41, 5.74) is 5.43. The van der Waals surface area contributed by atoms with Crippen molar-refractivity contribution in [3.8, 4) is 0 Å². The number of nitrogens with one attached hydrogen (secondary N) is 1. The molecule has 15 heavy (non-hydrogen) atoms. The van der Waals surface area contributed by atoms with E-state index in [4.69, 9.17) is 10.2 Å². The predicted molar refractivity (Wildman–Crippen MR) is 57.2 cm³/mol. The van der Waals surface area contributed by atoms with Crippen LogP contribution in [-0.2, 0) is 0 Å². The number of hydrogen-bond acceptors (Lipinski definition) is 5. The van der Waals surface area contributed by atoms with Crippen molar-refractivity contribution in [2.45, 2.75) is 13.0 Å². The molecule has 2 aromatic heterocycles. The molecule has 0 aliphatic carbocycles. The van der Waals surface area contributed by atoms with E-state index >= 15 is 0 Å². The molecule has 0 radical (unpaired) electrons. The standard InChI is InChI=1S/C10H12N4O/c1-7(8-3-2-6-15-8)12-10-5-4-9(11)13-14-10/h2-7H,1H3,(H2,11,13)(H,12,14). The fourth-order valence-corrected chi connectivity index (χ4v) is 1.25. The molecule has 0 aliphatic rings. The Labute approximate surface area is 87.3 Å². The van der Waals surface area contributed by atoms with Gasteiger partial charge in [0.1, 0.15) is 17.4 Å². The largest absolute Gasteiger partial charge is 0.467 e. The summed E-state index contributed by atoms with van der Waals surface area (Å²) < 4.78 is 5.26. The molecule has 0 saturated carbocycles. The highest BCUT2D eigenvalue weighted by Crippen LogP contribution is 2.17. The van der Waals surface area contributed by atoms with E-state index in [2.05, 4.69) is 15.5 Å². The highest BCUT2D eigenvalue weighted by atomic mass is 16.3. The third kappa shape index (κ3) is 2.25. The second kappa shape index (κ2) is 4.00. The molecule has 0 aliphatic heterocycles. The highest BCUT2D eigenvalue weighted by molar-refractivity contribution is 5.39. The van der Waals surface area contributed by atoms with Crippen LogP contribution in [-0.4, -0.2) is 10.2 Å². The molecular weight excluding hydrogens is 192 g/mol. The summed E-state index contributed by atoms with van der Waals surface area (Å²) in [6.07, 6.45) is 1.64. The zero-order valence-electron chi connectivity index (χ0n) is 8.34. The number of nitrogens with two attached hydrogens (primary N) is 1. The first-order valence-electron chi connectivity index (χ1n) is 4.65. The van der Waals surface area contributed by atoms with Gasteiger partial charge in [0.05, 0.1) is 12.3 Å². The molecule has 0 fully saturated rings. The van der Waals surface area contributed by atoms with Crippen LogP contribution in [0.25, 0.3) is 0 Å². The van der Waals surface area contributed by atoms with Crippen LogP contribution in [0.15, 0.2) is 34.9 Å². The Morgan fingerprint density at radius 3 is 2.80 bits per heavy atom. The van der Waals surface area contributed by atoms with Gasteiger partial charge in [-0.1, -0.05) is 0 Å². The number of furan rings is 1. The maximum atomic E-state index is 5.43. The molecular formula is C10H12N4O. The number of anilines is 2. The Morgan fingerprint density at radius 1 is 1.33 bits per heavy atom. The van der Waals surface area contributed by atoms with E-state index < -0.39 is 0 Å². The van der Waals surface area contributed by atoms with E-state index in [1.165, 1.54) is 0 Å². The molecule has 0 amide bonds. The van der Waals surface area contributed by atoms with E-state index in [-0.39, 0.29) is 6.04 Å². The maximum Gasteiger partial charge on any atom is 0.149 e. The molecule has 0 saturated heterocycles.